The van der Waals surface area contributed by atoms with E-state index in [-0.39, 0.29) is 11.3 Å². The first-order valence-electron chi connectivity index (χ1n) is 7.09. The van der Waals surface area contributed by atoms with Gasteiger partial charge >= 0.3 is 5.97 Å². The number of non-ortho nitro benzene ring substituents is 1. The molecule has 0 saturated heterocycles. The van der Waals surface area contributed by atoms with Gasteiger partial charge in [0.15, 0.2) is 0 Å². The third-order valence-electron chi connectivity index (χ3n) is 3.13. The molecule has 23 heavy (non-hydrogen) atoms. The van der Waals surface area contributed by atoms with Gasteiger partial charge in [-0.3, -0.25) is 10.1 Å². The Morgan fingerprint density at radius 1 is 1.13 bits per heavy atom. The van der Waals surface area contributed by atoms with Gasteiger partial charge in [-0.2, -0.15) is 0 Å². The molecule has 2 aromatic carbocycles. The van der Waals surface area contributed by atoms with Gasteiger partial charge in [-0.1, -0.05) is 23.3 Å². The maximum absolute atomic E-state index is 12.2. The fraction of sp³-hybridized carbons (Fsp3) is 0.167. The maximum atomic E-state index is 12.2. The number of nitrogens with zero attached hydrogens (tertiary/aromatic N) is 1. The summed E-state index contributed by atoms with van der Waals surface area (Å²) < 4.78 is 5.43. The van der Waals surface area contributed by atoms with Crippen LogP contribution in [-0.2, 0) is 0 Å². The Balaban J connectivity index is 2.26. The van der Waals surface area contributed by atoms with E-state index < -0.39 is 10.9 Å². The molecule has 0 amide bonds. The van der Waals surface area contributed by atoms with Gasteiger partial charge < -0.3 is 4.74 Å². The number of benzene rings is 2. The van der Waals surface area contributed by atoms with Crippen LogP contribution >= 0.6 is 0 Å². The molecule has 0 radical (unpaired) electrons. The van der Waals surface area contributed by atoms with Crippen LogP contribution < -0.4 is 4.74 Å². The first kappa shape index (κ1) is 16.4. The number of allylic oxidation sites excluding steroid dienone is 1. The smallest absolute Gasteiger partial charge is 0.343 e. The maximum Gasteiger partial charge on any atom is 0.343 e. The van der Waals surface area contributed by atoms with E-state index in [2.05, 4.69) is 0 Å². The third-order valence-corrected chi connectivity index (χ3v) is 3.13. The topological polar surface area (TPSA) is 69.4 Å². The van der Waals surface area contributed by atoms with Gasteiger partial charge in [-0.15, -0.1) is 0 Å². The summed E-state index contributed by atoms with van der Waals surface area (Å²) in [6, 6.07) is 10.9. The quantitative estimate of drug-likeness (QED) is 0.359. The molecule has 2 rings (SSSR count). The van der Waals surface area contributed by atoms with Crippen molar-refractivity contribution in [1.29, 1.82) is 0 Å². The summed E-state index contributed by atoms with van der Waals surface area (Å²) in [5, 5.41) is 10.6. The van der Waals surface area contributed by atoms with Crippen molar-refractivity contribution in [3.63, 3.8) is 0 Å². The lowest BCUT2D eigenvalue weighted by atomic mass is 10.1. The molecule has 5 nitrogen and oxygen atoms in total. The van der Waals surface area contributed by atoms with E-state index in [9.17, 15) is 14.9 Å². The van der Waals surface area contributed by atoms with E-state index in [0.29, 0.717) is 5.75 Å². The fourth-order valence-electron chi connectivity index (χ4n) is 2.06. The summed E-state index contributed by atoms with van der Waals surface area (Å²) in [7, 11) is 0. The van der Waals surface area contributed by atoms with Crippen molar-refractivity contribution < 1.29 is 14.5 Å². The SMILES string of the molecule is CC(C)=Cc1cc(C)ccc1OC(=O)c1ccc([N+](=O)[O-])cc1. The zero-order valence-corrected chi connectivity index (χ0v) is 13.2. The van der Waals surface area contributed by atoms with Gasteiger partial charge in [0.25, 0.3) is 5.69 Å². The Bertz CT molecular complexity index is 772. The minimum atomic E-state index is -0.549. The van der Waals surface area contributed by atoms with E-state index in [1.54, 1.807) is 6.07 Å². The average molecular weight is 311 g/mol. The van der Waals surface area contributed by atoms with Gasteiger partial charge in [0, 0.05) is 17.7 Å². The highest BCUT2D eigenvalue weighted by Gasteiger charge is 2.13. The molecule has 0 atom stereocenters. The van der Waals surface area contributed by atoms with Crippen LogP contribution in [0.5, 0.6) is 5.75 Å². The predicted molar refractivity (Wildman–Crippen MR) is 88.6 cm³/mol. The molecular formula is C18H17NO4. The molecule has 0 bridgehead atoms. The Kier molecular flexibility index (Phi) is 4.91. The van der Waals surface area contributed by atoms with E-state index in [4.69, 9.17) is 4.74 Å². The molecule has 0 aliphatic carbocycles. The normalized spacial score (nSPS) is 10.0. The molecular weight excluding hydrogens is 294 g/mol. The number of rotatable bonds is 4. The van der Waals surface area contributed by atoms with Gasteiger partial charge in [-0.25, -0.2) is 4.79 Å². The third kappa shape index (κ3) is 4.26. The second-order valence-electron chi connectivity index (χ2n) is 5.46. The van der Waals surface area contributed by atoms with Gasteiger partial charge in [0.2, 0.25) is 0 Å². The van der Waals surface area contributed by atoms with E-state index >= 15 is 0 Å². The number of ether oxygens (including phenoxy) is 1. The number of hydrogen-bond acceptors (Lipinski definition) is 4. The molecule has 0 aliphatic rings. The summed E-state index contributed by atoms with van der Waals surface area (Å²) in [4.78, 5) is 22.3. The van der Waals surface area contributed by atoms with Gasteiger partial charge in [-0.05, 0) is 45.0 Å². The Morgan fingerprint density at radius 2 is 1.78 bits per heavy atom. The summed E-state index contributed by atoms with van der Waals surface area (Å²) >= 11 is 0. The fourth-order valence-corrected chi connectivity index (χ4v) is 2.06. The van der Waals surface area contributed by atoms with Crippen LogP contribution in [0.1, 0.15) is 35.3 Å². The molecule has 118 valence electrons. The molecule has 0 N–H and O–H groups in total. The highest BCUT2D eigenvalue weighted by molar-refractivity contribution is 5.91. The van der Waals surface area contributed by atoms with Crippen LogP contribution in [0, 0.1) is 17.0 Å². The lowest BCUT2D eigenvalue weighted by Crippen LogP contribution is -2.09. The van der Waals surface area contributed by atoms with Crippen LogP contribution in [0.15, 0.2) is 48.0 Å². The van der Waals surface area contributed by atoms with Crippen molar-refractivity contribution in [2.24, 2.45) is 0 Å². The molecule has 0 fully saturated rings. The lowest BCUT2D eigenvalue weighted by molar-refractivity contribution is -0.384. The molecule has 0 heterocycles. The van der Waals surface area contributed by atoms with Crippen molar-refractivity contribution in [2.75, 3.05) is 0 Å². The Hall–Kier alpha value is -2.95. The van der Waals surface area contributed by atoms with Crippen LogP contribution in [0.3, 0.4) is 0 Å². The number of esters is 1. The van der Waals surface area contributed by atoms with Crippen molar-refractivity contribution in [2.45, 2.75) is 20.8 Å². The predicted octanol–water partition coefficient (Wildman–Crippen LogP) is 4.55. The average Bonchev–Trinajstić information content (AvgIpc) is 2.49. The van der Waals surface area contributed by atoms with Crippen molar-refractivity contribution in [3.05, 3.63) is 74.8 Å². The summed E-state index contributed by atoms with van der Waals surface area (Å²) in [6.45, 7) is 5.89. The molecule has 0 spiro atoms. The van der Waals surface area contributed by atoms with Crippen LogP contribution in [0.4, 0.5) is 5.69 Å². The van der Waals surface area contributed by atoms with Crippen molar-refractivity contribution in [1.82, 2.24) is 0 Å². The first-order chi connectivity index (χ1) is 10.9. The highest BCUT2D eigenvalue weighted by Crippen LogP contribution is 2.24. The molecule has 0 saturated carbocycles. The minimum absolute atomic E-state index is 0.0675. The Labute approximate surface area is 134 Å². The van der Waals surface area contributed by atoms with Crippen LogP contribution in [0.2, 0.25) is 0 Å². The Morgan fingerprint density at radius 3 is 2.35 bits per heavy atom. The molecule has 2 aromatic rings. The van der Waals surface area contributed by atoms with Crippen molar-refractivity contribution in [3.8, 4) is 5.75 Å². The number of aryl methyl sites for hydroxylation is 1. The second kappa shape index (κ2) is 6.87. The largest absolute Gasteiger partial charge is 0.422 e. The summed E-state index contributed by atoms with van der Waals surface area (Å²) in [5.41, 5.74) is 3.16. The zero-order chi connectivity index (χ0) is 17.0. The minimum Gasteiger partial charge on any atom is -0.422 e. The zero-order valence-electron chi connectivity index (χ0n) is 13.2. The van der Waals surface area contributed by atoms with E-state index in [0.717, 1.165) is 16.7 Å². The summed E-state index contributed by atoms with van der Waals surface area (Å²) in [6.07, 6.45) is 1.94. The number of carbonyl (C=O) groups excluding carboxylic acids is 1. The molecule has 0 aliphatic heterocycles. The highest BCUT2D eigenvalue weighted by atomic mass is 16.6. The molecule has 0 aromatic heterocycles. The molecule has 5 heteroatoms. The second-order valence-corrected chi connectivity index (χ2v) is 5.46. The number of carbonyl (C=O) groups is 1. The first-order valence-corrected chi connectivity index (χ1v) is 7.09. The number of nitro groups is 1. The van der Waals surface area contributed by atoms with Gasteiger partial charge in [0.1, 0.15) is 5.75 Å². The molecule has 0 unspecified atom stereocenters. The summed E-state index contributed by atoms with van der Waals surface area (Å²) in [5.74, 6) is -0.0905. The van der Waals surface area contributed by atoms with Crippen molar-refractivity contribution >= 4 is 17.7 Å². The monoisotopic (exact) mass is 311 g/mol. The lowest BCUT2D eigenvalue weighted by Gasteiger charge is -2.09. The number of hydrogen-bond donors (Lipinski definition) is 0. The van der Waals surface area contributed by atoms with E-state index in [1.165, 1.54) is 24.3 Å². The van der Waals surface area contributed by atoms with Gasteiger partial charge in [0.05, 0.1) is 10.5 Å². The number of nitro benzene ring substituents is 1. The standard InChI is InChI=1S/C18H17NO4/c1-12(2)10-15-11-13(3)4-9-17(15)23-18(20)14-5-7-16(8-6-14)19(21)22/h4-11H,1-3H3. The van der Waals surface area contributed by atoms with Crippen LogP contribution in [-0.4, -0.2) is 10.9 Å². The van der Waals surface area contributed by atoms with E-state index in [1.807, 2.05) is 39.0 Å². The van der Waals surface area contributed by atoms with Crippen LogP contribution in [0.25, 0.3) is 6.08 Å².